The summed E-state index contributed by atoms with van der Waals surface area (Å²) in [7, 11) is 0. The number of hydrogen-bond acceptors (Lipinski definition) is 0. The molecule has 0 saturated heterocycles. The molecule has 0 heteroatoms. The lowest BCUT2D eigenvalue weighted by Gasteiger charge is -1.95. The summed E-state index contributed by atoms with van der Waals surface area (Å²) in [5.74, 6) is 0.602. The topological polar surface area (TPSA) is 0 Å². The normalized spacial score (nSPS) is 30.8. The molecule has 0 amide bonds. The second kappa shape index (κ2) is 1.13. The van der Waals surface area contributed by atoms with Crippen LogP contribution in [0, 0.1) is 5.92 Å². The first-order chi connectivity index (χ1) is 3.92. The highest BCUT2D eigenvalue weighted by Crippen LogP contribution is 2.44. The van der Waals surface area contributed by atoms with Crippen LogP contribution in [0.2, 0.25) is 0 Å². The van der Waals surface area contributed by atoms with Crippen LogP contribution < -0.4 is 0 Å². The summed E-state index contributed by atoms with van der Waals surface area (Å²) in [4.78, 5) is 0. The fourth-order valence-electron chi connectivity index (χ4n) is 1.22. The molecule has 0 fully saturated rings. The molecule has 0 aromatic rings. The molecular weight excluding hydrogens is 96.1 g/mol. The van der Waals surface area contributed by atoms with E-state index in [4.69, 9.17) is 0 Å². The minimum Gasteiger partial charge on any atom is -0.102 e. The first-order valence-electron chi connectivity index (χ1n) is 2.94. The zero-order valence-corrected chi connectivity index (χ0v) is 4.72. The van der Waals surface area contributed by atoms with E-state index in [1.807, 2.05) is 6.08 Å². The van der Waals surface area contributed by atoms with Crippen molar-refractivity contribution in [3.8, 4) is 0 Å². The monoisotopic (exact) mass is 104 g/mol. The molecule has 0 spiro atoms. The van der Waals surface area contributed by atoms with E-state index in [1.165, 1.54) is 6.42 Å². The van der Waals surface area contributed by atoms with E-state index < -0.39 is 0 Å². The first kappa shape index (κ1) is 4.13. The number of allylic oxidation sites excluding steroid dienone is 5. The molecule has 2 aliphatic rings. The molecule has 0 saturated carbocycles. The molecule has 0 aliphatic heterocycles. The van der Waals surface area contributed by atoms with Gasteiger partial charge in [0.05, 0.1) is 0 Å². The molecule has 2 rings (SSSR count). The average Bonchev–Trinajstić information content (AvgIpc) is 2.46. The van der Waals surface area contributed by atoms with Gasteiger partial charge in [-0.3, -0.25) is 0 Å². The van der Waals surface area contributed by atoms with Crippen molar-refractivity contribution in [1.29, 1.82) is 0 Å². The smallest absolute Gasteiger partial charge is 0.0167 e. The van der Waals surface area contributed by atoms with Crippen LogP contribution in [0.1, 0.15) is 6.42 Å². The van der Waals surface area contributed by atoms with Crippen molar-refractivity contribution < 1.29 is 0 Å². The van der Waals surface area contributed by atoms with E-state index in [2.05, 4.69) is 18.7 Å². The summed E-state index contributed by atoms with van der Waals surface area (Å²) in [5, 5.41) is 0. The maximum absolute atomic E-state index is 3.73. The van der Waals surface area contributed by atoms with E-state index in [-0.39, 0.29) is 0 Å². The second-order valence-corrected chi connectivity index (χ2v) is 2.35. The molecule has 0 bridgehead atoms. The lowest BCUT2D eigenvalue weighted by atomic mass is 10.1. The Bertz CT molecular complexity index is 194. The molecule has 0 N–H and O–H groups in total. The molecular formula is C8H8. The fraction of sp³-hybridized carbons (Fsp3) is 0.250. The first-order valence-corrected chi connectivity index (χ1v) is 2.94. The summed E-state index contributed by atoms with van der Waals surface area (Å²) in [6.07, 6.45) is 7.68. The maximum Gasteiger partial charge on any atom is 0.0167 e. The van der Waals surface area contributed by atoms with Crippen molar-refractivity contribution in [3.63, 3.8) is 0 Å². The van der Waals surface area contributed by atoms with Crippen LogP contribution in [-0.2, 0) is 0 Å². The molecule has 0 nitrogen and oxygen atoms in total. The van der Waals surface area contributed by atoms with Crippen LogP contribution in [0.4, 0.5) is 0 Å². The second-order valence-electron chi connectivity index (χ2n) is 2.35. The fourth-order valence-corrected chi connectivity index (χ4v) is 1.22. The molecule has 8 heavy (non-hydrogen) atoms. The minimum atomic E-state index is 0.602. The third-order valence-corrected chi connectivity index (χ3v) is 1.83. The molecule has 40 valence electrons. The highest BCUT2D eigenvalue weighted by molar-refractivity contribution is 5.53. The molecule has 0 radical (unpaired) electrons. The molecule has 0 aromatic heterocycles. The van der Waals surface area contributed by atoms with Gasteiger partial charge in [-0.15, -0.1) is 6.58 Å². The third kappa shape index (κ3) is 0.353. The van der Waals surface area contributed by atoms with Crippen molar-refractivity contribution in [2.45, 2.75) is 6.42 Å². The predicted molar refractivity (Wildman–Crippen MR) is 34.5 cm³/mol. The number of rotatable bonds is 1. The summed E-state index contributed by atoms with van der Waals surface area (Å²) < 4.78 is 0. The van der Waals surface area contributed by atoms with Gasteiger partial charge in [-0.05, 0) is 12.0 Å². The third-order valence-electron chi connectivity index (χ3n) is 1.83. The Morgan fingerprint density at radius 2 is 2.62 bits per heavy atom. The maximum atomic E-state index is 3.73. The van der Waals surface area contributed by atoms with Crippen molar-refractivity contribution in [2.75, 3.05) is 0 Å². The van der Waals surface area contributed by atoms with Gasteiger partial charge in [0.25, 0.3) is 0 Å². The Labute approximate surface area is 49.2 Å². The Balaban J connectivity index is 2.31. The van der Waals surface area contributed by atoms with Crippen LogP contribution in [0.15, 0.2) is 36.0 Å². The van der Waals surface area contributed by atoms with Gasteiger partial charge in [-0.1, -0.05) is 23.8 Å². The van der Waals surface area contributed by atoms with Gasteiger partial charge < -0.3 is 0 Å². The van der Waals surface area contributed by atoms with Crippen LogP contribution in [0.3, 0.4) is 0 Å². The van der Waals surface area contributed by atoms with Gasteiger partial charge in [0.2, 0.25) is 0 Å². The summed E-state index contributed by atoms with van der Waals surface area (Å²) >= 11 is 0. The highest BCUT2D eigenvalue weighted by atomic mass is 14.3. The van der Waals surface area contributed by atoms with E-state index in [1.54, 1.807) is 11.1 Å². The van der Waals surface area contributed by atoms with Crippen LogP contribution in [-0.4, -0.2) is 0 Å². The van der Waals surface area contributed by atoms with E-state index >= 15 is 0 Å². The highest BCUT2D eigenvalue weighted by Gasteiger charge is 2.28. The Morgan fingerprint density at radius 1 is 1.75 bits per heavy atom. The van der Waals surface area contributed by atoms with Gasteiger partial charge in [0.15, 0.2) is 0 Å². The van der Waals surface area contributed by atoms with Crippen LogP contribution >= 0.6 is 0 Å². The summed E-state index contributed by atoms with van der Waals surface area (Å²) in [6.45, 7) is 3.73. The molecule has 1 atom stereocenters. The quantitative estimate of drug-likeness (QED) is 0.447. The zero-order valence-electron chi connectivity index (χ0n) is 4.72. The Kier molecular flexibility index (Phi) is 0.587. The SMILES string of the molecule is C=CC1C=CC2=C1C2. The average molecular weight is 104 g/mol. The summed E-state index contributed by atoms with van der Waals surface area (Å²) in [5.41, 5.74) is 3.15. The van der Waals surface area contributed by atoms with Gasteiger partial charge in [-0.25, -0.2) is 0 Å². The van der Waals surface area contributed by atoms with E-state index in [9.17, 15) is 0 Å². The standard InChI is InChI=1S/C8H8/c1-2-6-3-4-7-5-8(6)7/h2-4,6H,1,5H2. The Hall–Kier alpha value is -0.780. The van der Waals surface area contributed by atoms with Gasteiger partial charge in [0.1, 0.15) is 0 Å². The van der Waals surface area contributed by atoms with Gasteiger partial charge in [-0.2, -0.15) is 0 Å². The van der Waals surface area contributed by atoms with Crippen LogP contribution in [0.25, 0.3) is 0 Å². The lowest BCUT2D eigenvalue weighted by Crippen LogP contribution is -1.83. The van der Waals surface area contributed by atoms with Crippen LogP contribution in [0.5, 0.6) is 0 Å². The van der Waals surface area contributed by atoms with Crippen molar-refractivity contribution in [2.24, 2.45) is 5.92 Å². The largest absolute Gasteiger partial charge is 0.102 e. The van der Waals surface area contributed by atoms with Crippen molar-refractivity contribution >= 4 is 0 Å². The van der Waals surface area contributed by atoms with Crippen molar-refractivity contribution in [3.05, 3.63) is 36.0 Å². The Morgan fingerprint density at radius 3 is 2.88 bits per heavy atom. The minimum absolute atomic E-state index is 0.602. The zero-order chi connectivity index (χ0) is 5.56. The van der Waals surface area contributed by atoms with E-state index in [0.29, 0.717) is 5.92 Å². The van der Waals surface area contributed by atoms with Gasteiger partial charge in [0, 0.05) is 5.92 Å². The van der Waals surface area contributed by atoms with E-state index in [0.717, 1.165) is 0 Å². The molecule has 1 unspecified atom stereocenters. The number of hydrogen-bond donors (Lipinski definition) is 0. The van der Waals surface area contributed by atoms with Gasteiger partial charge >= 0.3 is 0 Å². The molecule has 0 aromatic carbocycles. The summed E-state index contributed by atoms with van der Waals surface area (Å²) in [6, 6.07) is 0. The molecule has 2 aliphatic carbocycles. The predicted octanol–water partition coefficient (Wildman–Crippen LogP) is 2.06. The lowest BCUT2D eigenvalue weighted by molar-refractivity contribution is 1.01. The van der Waals surface area contributed by atoms with Crippen molar-refractivity contribution in [1.82, 2.24) is 0 Å². The molecule has 0 heterocycles.